The molecule has 0 heterocycles. The molecule has 0 aliphatic rings. The fraction of sp³-hybridized carbons (Fsp3) is 0.250. The number of hydrogen-bond donors (Lipinski definition) is 3. The van der Waals surface area contributed by atoms with Gasteiger partial charge in [-0.05, 0) is 28.7 Å². The van der Waals surface area contributed by atoms with Crippen molar-refractivity contribution in [1.82, 2.24) is 0 Å². The lowest BCUT2D eigenvalue weighted by Gasteiger charge is -2.11. The van der Waals surface area contributed by atoms with Crippen LogP contribution in [0.2, 0.25) is 0 Å². The average molecular weight is 257 g/mol. The highest BCUT2D eigenvalue weighted by Crippen LogP contribution is 2.22. The van der Waals surface area contributed by atoms with Gasteiger partial charge in [-0.1, -0.05) is 48.5 Å². The smallest absolute Gasteiger partial charge is 0.0681 e. The van der Waals surface area contributed by atoms with E-state index in [1.54, 1.807) is 0 Å². The number of benzene rings is 2. The molecule has 100 valence electrons. The minimum absolute atomic E-state index is 0.0647. The molecule has 2 rings (SSSR count). The monoisotopic (exact) mass is 257 g/mol. The molecule has 2 aromatic carbocycles. The molecule has 1 atom stereocenters. The summed E-state index contributed by atoms with van der Waals surface area (Å²) in [4.78, 5) is 0. The normalized spacial score (nSPS) is 12.4. The number of aliphatic hydroxyl groups excluding tert-OH is 2. The lowest BCUT2D eigenvalue weighted by atomic mass is 9.99. The Labute approximate surface area is 113 Å². The molecule has 1 unspecified atom stereocenters. The van der Waals surface area contributed by atoms with Crippen molar-refractivity contribution in [3.05, 3.63) is 59.7 Å². The van der Waals surface area contributed by atoms with Crippen LogP contribution >= 0.6 is 0 Å². The van der Waals surface area contributed by atoms with E-state index in [4.69, 9.17) is 15.9 Å². The summed E-state index contributed by atoms with van der Waals surface area (Å²) in [7, 11) is 0. The van der Waals surface area contributed by atoms with E-state index in [1.165, 1.54) is 0 Å². The van der Waals surface area contributed by atoms with Crippen LogP contribution in [0.25, 0.3) is 11.1 Å². The summed E-state index contributed by atoms with van der Waals surface area (Å²) in [6.45, 7) is 0.167. The zero-order valence-corrected chi connectivity index (χ0v) is 10.8. The van der Waals surface area contributed by atoms with E-state index in [2.05, 4.69) is 0 Å². The van der Waals surface area contributed by atoms with E-state index in [9.17, 15) is 0 Å². The molecule has 0 aliphatic carbocycles. The molecule has 0 radical (unpaired) electrons. The summed E-state index contributed by atoms with van der Waals surface area (Å²) < 4.78 is 0. The first-order valence-electron chi connectivity index (χ1n) is 6.41. The predicted molar refractivity (Wildman–Crippen MR) is 76.4 cm³/mol. The lowest BCUT2D eigenvalue weighted by molar-refractivity contribution is 0.276. The fourth-order valence-corrected chi connectivity index (χ4v) is 2.03. The van der Waals surface area contributed by atoms with Crippen molar-refractivity contribution in [3.63, 3.8) is 0 Å². The second-order valence-electron chi connectivity index (χ2n) is 4.60. The number of aliphatic hydroxyl groups is 2. The molecular weight excluding hydrogens is 238 g/mol. The molecule has 0 aromatic heterocycles. The van der Waals surface area contributed by atoms with Crippen molar-refractivity contribution in [1.29, 1.82) is 0 Å². The molecule has 0 bridgehead atoms. The SMILES string of the molecule is NC(CCO)c1ccc(-c2ccc(CO)cc2)cc1. The summed E-state index contributed by atoms with van der Waals surface area (Å²) in [5, 5.41) is 17.9. The maximum absolute atomic E-state index is 9.01. The van der Waals surface area contributed by atoms with Gasteiger partial charge in [0.15, 0.2) is 0 Å². The van der Waals surface area contributed by atoms with Gasteiger partial charge in [0.05, 0.1) is 6.61 Å². The Balaban J connectivity index is 2.17. The van der Waals surface area contributed by atoms with Crippen molar-refractivity contribution in [2.75, 3.05) is 6.61 Å². The third-order valence-electron chi connectivity index (χ3n) is 3.25. The molecular formula is C16H19NO2. The largest absolute Gasteiger partial charge is 0.396 e. The summed E-state index contributed by atoms with van der Waals surface area (Å²) in [6, 6.07) is 15.8. The van der Waals surface area contributed by atoms with Crippen LogP contribution in [0.4, 0.5) is 0 Å². The van der Waals surface area contributed by atoms with Crippen LogP contribution in [0, 0.1) is 0 Å². The predicted octanol–water partition coefficient (Wildman–Crippen LogP) is 2.23. The van der Waals surface area contributed by atoms with Gasteiger partial charge in [-0.25, -0.2) is 0 Å². The van der Waals surface area contributed by atoms with E-state index in [-0.39, 0.29) is 19.3 Å². The average Bonchev–Trinajstić information content (AvgIpc) is 2.48. The standard InChI is InChI=1S/C16H19NO2/c17-16(9-10-18)15-7-5-14(6-8-15)13-3-1-12(11-19)2-4-13/h1-8,16,18-19H,9-11,17H2. The second-order valence-corrected chi connectivity index (χ2v) is 4.60. The van der Waals surface area contributed by atoms with E-state index in [0.29, 0.717) is 6.42 Å². The summed E-state index contributed by atoms with van der Waals surface area (Å²) in [6.07, 6.45) is 0.574. The van der Waals surface area contributed by atoms with Gasteiger partial charge in [-0.2, -0.15) is 0 Å². The van der Waals surface area contributed by atoms with Gasteiger partial charge in [-0.15, -0.1) is 0 Å². The Morgan fingerprint density at radius 3 is 1.84 bits per heavy atom. The van der Waals surface area contributed by atoms with Crippen molar-refractivity contribution in [3.8, 4) is 11.1 Å². The number of rotatable bonds is 5. The van der Waals surface area contributed by atoms with Gasteiger partial charge < -0.3 is 15.9 Å². The maximum atomic E-state index is 9.01. The van der Waals surface area contributed by atoms with E-state index in [1.807, 2.05) is 48.5 Å². The maximum Gasteiger partial charge on any atom is 0.0681 e. The van der Waals surface area contributed by atoms with Crippen LogP contribution in [0.3, 0.4) is 0 Å². The van der Waals surface area contributed by atoms with Crippen LogP contribution in [-0.2, 0) is 6.61 Å². The van der Waals surface area contributed by atoms with Gasteiger partial charge in [-0.3, -0.25) is 0 Å². The highest BCUT2D eigenvalue weighted by atomic mass is 16.3. The van der Waals surface area contributed by atoms with Crippen LogP contribution in [-0.4, -0.2) is 16.8 Å². The molecule has 3 nitrogen and oxygen atoms in total. The highest BCUT2D eigenvalue weighted by molar-refractivity contribution is 5.64. The number of hydrogen-bond acceptors (Lipinski definition) is 3. The Hall–Kier alpha value is -1.68. The minimum Gasteiger partial charge on any atom is -0.396 e. The van der Waals surface area contributed by atoms with Crippen LogP contribution < -0.4 is 5.73 Å². The van der Waals surface area contributed by atoms with Gasteiger partial charge in [0.25, 0.3) is 0 Å². The van der Waals surface area contributed by atoms with Crippen LogP contribution in [0.1, 0.15) is 23.6 Å². The lowest BCUT2D eigenvalue weighted by Crippen LogP contribution is -2.11. The molecule has 4 N–H and O–H groups in total. The first kappa shape index (κ1) is 13.7. The summed E-state index contributed by atoms with van der Waals surface area (Å²) in [5.74, 6) is 0. The van der Waals surface area contributed by atoms with Crippen molar-refractivity contribution in [2.24, 2.45) is 5.73 Å². The van der Waals surface area contributed by atoms with Gasteiger partial charge in [0.2, 0.25) is 0 Å². The van der Waals surface area contributed by atoms with Crippen LogP contribution in [0.5, 0.6) is 0 Å². The first-order chi connectivity index (χ1) is 9.24. The van der Waals surface area contributed by atoms with Crippen LogP contribution in [0.15, 0.2) is 48.5 Å². The van der Waals surface area contributed by atoms with Gasteiger partial charge >= 0.3 is 0 Å². The topological polar surface area (TPSA) is 66.5 Å². The first-order valence-corrected chi connectivity index (χ1v) is 6.41. The third-order valence-corrected chi connectivity index (χ3v) is 3.25. The van der Waals surface area contributed by atoms with Crippen molar-refractivity contribution in [2.45, 2.75) is 19.1 Å². The summed E-state index contributed by atoms with van der Waals surface area (Å²) in [5.41, 5.74) is 10.1. The quantitative estimate of drug-likeness (QED) is 0.769. The Kier molecular flexibility index (Phi) is 4.68. The Morgan fingerprint density at radius 2 is 1.37 bits per heavy atom. The fourth-order valence-electron chi connectivity index (χ4n) is 2.03. The molecule has 0 saturated carbocycles. The molecule has 0 spiro atoms. The van der Waals surface area contributed by atoms with Crippen molar-refractivity contribution >= 4 is 0 Å². The zero-order chi connectivity index (χ0) is 13.7. The van der Waals surface area contributed by atoms with E-state index < -0.39 is 0 Å². The third kappa shape index (κ3) is 3.41. The molecule has 19 heavy (non-hydrogen) atoms. The summed E-state index contributed by atoms with van der Waals surface area (Å²) >= 11 is 0. The highest BCUT2D eigenvalue weighted by Gasteiger charge is 2.05. The Morgan fingerprint density at radius 1 is 0.842 bits per heavy atom. The van der Waals surface area contributed by atoms with E-state index >= 15 is 0 Å². The Bertz CT molecular complexity index is 505. The minimum atomic E-state index is -0.115. The van der Waals surface area contributed by atoms with Gasteiger partial charge in [0, 0.05) is 12.6 Å². The zero-order valence-electron chi connectivity index (χ0n) is 10.8. The molecule has 0 amide bonds. The molecule has 3 heteroatoms. The second kappa shape index (κ2) is 6.48. The molecule has 2 aromatic rings. The van der Waals surface area contributed by atoms with Gasteiger partial charge in [0.1, 0.15) is 0 Å². The van der Waals surface area contributed by atoms with E-state index in [0.717, 1.165) is 22.3 Å². The molecule has 0 aliphatic heterocycles. The van der Waals surface area contributed by atoms with Crippen molar-refractivity contribution < 1.29 is 10.2 Å². The molecule has 0 saturated heterocycles. The molecule has 0 fully saturated rings. The number of nitrogens with two attached hydrogens (primary N) is 1.